The maximum absolute atomic E-state index is 12.6. The van der Waals surface area contributed by atoms with E-state index in [2.05, 4.69) is 20.7 Å². The molecular formula is C22H20ClN5O2S. The smallest absolute Gasteiger partial charge is 0.240 e. The molecule has 1 N–H and O–H groups in total. The average molecular weight is 454 g/mol. The molecule has 0 aliphatic carbocycles. The number of halogens is 1. The Morgan fingerprint density at radius 1 is 1.16 bits per heavy atom. The molecule has 1 unspecified atom stereocenters. The Balaban J connectivity index is 1.60. The molecule has 0 aliphatic heterocycles. The predicted octanol–water partition coefficient (Wildman–Crippen LogP) is 4.93. The summed E-state index contributed by atoms with van der Waals surface area (Å²) in [6.07, 6.45) is 0.606. The van der Waals surface area contributed by atoms with Gasteiger partial charge in [-0.05, 0) is 43.7 Å². The summed E-state index contributed by atoms with van der Waals surface area (Å²) in [6, 6.07) is 19.2. The van der Waals surface area contributed by atoms with Crippen LogP contribution < -0.4 is 5.32 Å². The SMILES string of the molecule is Cc1cc(NC(=O)C(C)Sc2nnc(Cc3ccccc3)n2-c2ccc(Cl)cc2)on1. The van der Waals surface area contributed by atoms with E-state index in [0.29, 0.717) is 28.2 Å². The van der Waals surface area contributed by atoms with Crippen molar-refractivity contribution < 1.29 is 9.32 Å². The number of carbonyl (C=O) groups excluding carboxylic acids is 1. The fourth-order valence-electron chi connectivity index (χ4n) is 2.98. The number of aromatic nitrogens is 4. The fraction of sp³-hybridized carbons (Fsp3) is 0.182. The van der Waals surface area contributed by atoms with Crippen LogP contribution in [-0.4, -0.2) is 31.1 Å². The van der Waals surface area contributed by atoms with Gasteiger partial charge in [-0.15, -0.1) is 10.2 Å². The van der Waals surface area contributed by atoms with E-state index < -0.39 is 5.25 Å². The summed E-state index contributed by atoms with van der Waals surface area (Å²) in [5, 5.41) is 16.1. The first-order chi connectivity index (χ1) is 15.0. The molecule has 0 bridgehead atoms. The molecule has 2 aromatic heterocycles. The number of rotatable bonds is 7. The standard InChI is InChI=1S/C22H20ClN5O2S/c1-14-12-20(30-27-14)24-21(29)15(2)31-22-26-25-19(13-16-6-4-3-5-7-16)28(22)18-10-8-17(23)9-11-18/h3-12,15H,13H2,1-2H3,(H,24,29). The van der Waals surface area contributed by atoms with Gasteiger partial charge in [0.05, 0.1) is 10.9 Å². The second kappa shape index (κ2) is 9.36. The molecule has 9 heteroatoms. The Morgan fingerprint density at radius 3 is 2.58 bits per heavy atom. The fourth-order valence-corrected chi connectivity index (χ4v) is 3.99. The second-order valence-electron chi connectivity index (χ2n) is 6.95. The number of hydrogen-bond donors (Lipinski definition) is 1. The molecule has 0 spiro atoms. The molecule has 0 saturated heterocycles. The van der Waals surface area contributed by atoms with Gasteiger partial charge in [0.15, 0.2) is 5.16 Å². The van der Waals surface area contributed by atoms with Crippen molar-refractivity contribution in [1.29, 1.82) is 0 Å². The molecular weight excluding hydrogens is 434 g/mol. The highest BCUT2D eigenvalue weighted by Crippen LogP contribution is 2.28. The van der Waals surface area contributed by atoms with E-state index in [9.17, 15) is 4.79 Å². The molecule has 158 valence electrons. The molecule has 4 rings (SSSR count). The maximum Gasteiger partial charge on any atom is 0.240 e. The van der Waals surface area contributed by atoms with E-state index in [4.69, 9.17) is 16.1 Å². The van der Waals surface area contributed by atoms with Gasteiger partial charge in [0.25, 0.3) is 0 Å². The van der Waals surface area contributed by atoms with Crippen molar-refractivity contribution in [2.45, 2.75) is 30.7 Å². The minimum Gasteiger partial charge on any atom is -0.338 e. The van der Waals surface area contributed by atoms with Crippen LogP contribution in [0.4, 0.5) is 5.88 Å². The van der Waals surface area contributed by atoms with Crippen LogP contribution in [0.5, 0.6) is 0 Å². The maximum atomic E-state index is 12.6. The highest BCUT2D eigenvalue weighted by atomic mass is 35.5. The molecule has 4 aromatic rings. The molecule has 31 heavy (non-hydrogen) atoms. The van der Waals surface area contributed by atoms with Gasteiger partial charge in [-0.25, -0.2) is 0 Å². The van der Waals surface area contributed by atoms with E-state index in [1.54, 1.807) is 19.9 Å². The van der Waals surface area contributed by atoms with Gasteiger partial charge >= 0.3 is 0 Å². The first kappa shape index (κ1) is 21.1. The quantitative estimate of drug-likeness (QED) is 0.399. The van der Waals surface area contributed by atoms with Crippen molar-refractivity contribution in [2.75, 3.05) is 5.32 Å². The third-order valence-electron chi connectivity index (χ3n) is 4.52. The molecule has 0 saturated carbocycles. The Labute approximate surface area is 188 Å². The molecule has 0 aliphatic rings. The lowest BCUT2D eigenvalue weighted by atomic mass is 10.1. The number of amides is 1. The minimum atomic E-state index is -0.440. The first-order valence-electron chi connectivity index (χ1n) is 9.64. The Bertz CT molecular complexity index is 1170. The van der Waals surface area contributed by atoms with Crippen molar-refractivity contribution in [3.63, 3.8) is 0 Å². The van der Waals surface area contributed by atoms with Gasteiger partial charge in [-0.1, -0.05) is 58.9 Å². The molecule has 0 radical (unpaired) electrons. The first-order valence-corrected chi connectivity index (χ1v) is 10.9. The lowest BCUT2D eigenvalue weighted by Gasteiger charge is -2.13. The second-order valence-corrected chi connectivity index (χ2v) is 8.70. The van der Waals surface area contributed by atoms with Gasteiger partial charge in [0.2, 0.25) is 11.8 Å². The van der Waals surface area contributed by atoms with E-state index in [1.807, 2.05) is 59.2 Å². The van der Waals surface area contributed by atoms with Gasteiger partial charge < -0.3 is 4.52 Å². The normalized spacial score (nSPS) is 12.0. The number of nitrogens with one attached hydrogen (secondary N) is 1. The Morgan fingerprint density at radius 2 is 1.90 bits per heavy atom. The largest absolute Gasteiger partial charge is 0.338 e. The molecule has 1 atom stereocenters. The number of aryl methyl sites for hydroxylation is 1. The Kier molecular flexibility index (Phi) is 6.39. The zero-order valence-electron chi connectivity index (χ0n) is 16.9. The van der Waals surface area contributed by atoms with Gasteiger partial charge in [0.1, 0.15) is 5.82 Å². The van der Waals surface area contributed by atoms with Gasteiger partial charge in [-0.3, -0.25) is 14.7 Å². The molecule has 2 heterocycles. The lowest BCUT2D eigenvalue weighted by molar-refractivity contribution is -0.115. The molecule has 2 aromatic carbocycles. The summed E-state index contributed by atoms with van der Waals surface area (Å²) in [6.45, 7) is 3.60. The van der Waals surface area contributed by atoms with Crippen molar-refractivity contribution in [3.8, 4) is 5.69 Å². The predicted molar refractivity (Wildman–Crippen MR) is 121 cm³/mol. The van der Waals surface area contributed by atoms with Crippen molar-refractivity contribution >= 4 is 35.2 Å². The number of nitrogens with zero attached hydrogens (tertiary/aromatic N) is 4. The van der Waals surface area contributed by atoms with Crippen LogP contribution in [0.2, 0.25) is 5.02 Å². The monoisotopic (exact) mass is 453 g/mol. The third-order valence-corrected chi connectivity index (χ3v) is 5.81. The van der Waals surface area contributed by atoms with Gasteiger partial charge in [0, 0.05) is 23.2 Å². The number of anilines is 1. The van der Waals surface area contributed by atoms with Crippen LogP contribution in [0.1, 0.15) is 24.0 Å². The topological polar surface area (TPSA) is 85.8 Å². The van der Waals surface area contributed by atoms with Crippen molar-refractivity contribution in [3.05, 3.63) is 82.8 Å². The summed E-state index contributed by atoms with van der Waals surface area (Å²) in [5.41, 5.74) is 2.69. The third kappa shape index (κ3) is 5.15. The summed E-state index contributed by atoms with van der Waals surface area (Å²) in [5.74, 6) is 0.879. The van der Waals surface area contributed by atoms with Crippen LogP contribution in [0.15, 0.2) is 70.3 Å². The van der Waals surface area contributed by atoms with E-state index in [1.165, 1.54) is 11.8 Å². The average Bonchev–Trinajstić information content (AvgIpc) is 3.35. The Hall–Kier alpha value is -3.10. The number of benzene rings is 2. The number of hydrogen-bond acceptors (Lipinski definition) is 6. The summed E-state index contributed by atoms with van der Waals surface area (Å²) < 4.78 is 7.03. The van der Waals surface area contributed by atoms with Gasteiger partial charge in [-0.2, -0.15) is 0 Å². The van der Waals surface area contributed by atoms with Crippen LogP contribution >= 0.6 is 23.4 Å². The molecule has 0 fully saturated rings. The number of thioether (sulfide) groups is 1. The van der Waals surface area contributed by atoms with Crippen molar-refractivity contribution in [2.24, 2.45) is 0 Å². The zero-order valence-corrected chi connectivity index (χ0v) is 18.5. The highest BCUT2D eigenvalue weighted by Gasteiger charge is 2.22. The van der Waals surface area contributed by atoms with Crippen LogP contribution in [0, 0.1) is 6.92 Å². The van der Waals surface area contributed by atoms with Crippen molar-refractivity contribution in [1.82, 2.24) is 19.9 Å². The van der Waals surface area contributed by atoms with Crippen LogP contribution in [0.3, 0.4) is 0 Å². The zero-order chi connectivity index (χ0) is 21.8. The van der Waals surface area contributed by atoms with E-state index in [0.717, 1.165) is 17.1 Å². The molecule has 1 amide bonds. The summed E-state index contributed by atoms with van der Waals surface area (Å²) in [7, 11) is 0. The minimum absolute atomic E-state index is 0.212. The number of carbonyl (C=O) groups is 1. The van der Waals surface area contributed by atoms with Crippen LogP contribution in [-0.2, 0) is 11.2 Å². The van der Waals surface area contributed by atoms with E-state index >= 15 is 0 Å². The van der Waals surface area contributed by atoms with E-state index in [-0.39, 0.29) is 5.91 Å². The molecule has 7 nitrogen and oxygen atoms in total. The highest BCUT2D eigenvalue weighted by molar-refractivity contribution is 8.00. The lowest BCUT2D eigenvalue weighted by Crippen LogP contribution is -2.22. The summed E-state index contributed by atoms with van der Waals surface area (Å²) >= 11 is 7.39. The van der Waals surface area contributed by atoms with Crippen LogP contribution in [0.25, 0.3) is 5.69 Å². The summed E-state index contributed by atoms with van der Waals surface area (Å²) in [4.78, 5) is 12.6.